The second kappa shape index (κ2) is 7.12. The quantitative estimate of drug-likeness (QED) is 0.848. The molecule has 8 heteroatoms. The third-order valence-electron chi connectivity index (χ3n) is 2.27. The van der Waals surface area contributed by atoms with E-state index in [2.05, 4.69) is 0 Å². The molecule has 0 aliphatic rings. The molecule has 0 aromatic heterocycles. The van der Waals surface area contributed by atoms with Crippen LogP contribution in [0.25, 0.3) is 6.08 Å². The normalized spacial score (nSPS) is 11.6. The lowest BCUT2D eigenvalue weighted by atomic mass is 10.2. The van der Waals surface area contributed by atoms with E-state index in [0.717, 1.165) is 6.08 Å². The van der Waals surface area contributed by atoms with Crippen molar-refractivity contribution in [2.75, 3.05) is 13.1 Å². The van der Waals surface area contributed by atoms with Crippen molar-refractivity contribution in [3.8, 4) is 0 Å². The van der Waals surface area contributed by atoms with Crippen LogP contribution in [0.2, 0.25) is 5.02 Å². The molecule has 0 saturated heterocycles. The molecule has 1 aromatic carbocycles. The zero-order valence-corrected chi connectivity index (χ0v) is 11.4. The fourth-order valence-electron chi connectivity index (χ4n) is 1.47. The smallest absolute Gasteiger partial charge is 0.406 e. The maximum Gasteiger partial charge on any atom is 0.406 e. The minimum atomic E-state index is -4.67. The van der Waals surface area contributed by atoms with Crippen molar-refractivity contribution >= 4 is 29.6 Å². The molecular formula is C13H11ClF3NO3. The number of benzene rings is 1. The summed E-state index contributed by atoms with van der Waals surface area (Å²) < 4.78 is 36.9. The Balaban J connectivity index is 2.82. The number of halogens is 4. The highest BCUT2D eigenvalue weighted by Crippen LogP contribution is 2.17. The van der Waals surface area contributed by atoms with Gasteiger partial charge in [-0.05, 0) is 23.8 Å². The van der Waals surface area contributed by atoms with Gasteiger partial charge in [0.1, 0.15) is 13.1 Å². The van der Waals surface area contributed by atoms with E-state index in [1.807, 2.05) is 0 Å². The highest BCUT2D eigenvalue weighted by molar-refractivity contribution is 6.30. The van der Waals surface area contributed by atoms with E-state index < -0.39 is 31.1 Å². The number of alkyl halides is 3. The Bertz CT molecular complexity index is 558. The van der Waals surface area contributed by atoms with Gasteiger partial charge >= 0.3 is 12.1 Å². The number of aliphatic carboxylic acids is 1. The number of carboxylic acids is 1. The molecule has 0 aliphatic heterocycles. The number of amides is 1. The van der Waals surface area contributed by atoms with E-state index in [9.17, 15) is 22.8 Å². The second-order valence-corrected chi connectivity index (χ2v) is 4.53. The van der Waals surface area contributed by atoms with Crippen LogP contribution < -0.4 is 0 Å². The molecule has 114 valence electrons. The van der Waals surface area contributed by atoms with Gasteiger partial charge in [-0.15, -0.1) is 0 Å². The summed E-state index contributed by atoms with van der Waals surface area (Å²) in [5.41, 5.74) is 0.512. The van der Waals surface area contributed by atoms with Gasteiger partial charge in [-0.2, -0.15) is 13.2 Å². The van der Waals surface area contributed by atoms with Gasteiger partial charge in [0.2, 0.25) is 5.91 Å². The summed E-state index contributed by atoms with van der Waals surface area (Å²) >= 11 is 5.72. The van der Waals surface area contributed by atoms with Gasteiger partial charge in [0.25, 0.3) is 0 Å². The van der Waals surface area contributed by atoms with Crippen LogP contribution in [0.15, 0.2) is 30.3 Å². The minimum Gasteiger partial charge on any atom is -0.480 e. The van der Waals surface area contributed by atoms with Gasteiger partial charge in [0.05, 0.1) is 0 Å². The monoisotopic (exact) mass is 321 g/mol. The highest BCUT2D eigenvalue weighted by atomic mass is 35.5. The number of hydrogen-bond donors (Lipinski definition) is 1. The summed E-state index contributed by atoms with van der Waals surface area (Å²) in [5, 5.41) is 8.95. The van der Waals surface area contributed by atoms with Crippen LogP contribution in [0.4, 0.5) is 13.2 Å². The first-order chi connectivity index (χ1) is 9.67. The van der Waals surface area contributed by atoms with E-state index >= 15 is 0 Å². The summed E-state index contributed by atoms with van der Waals surface area (Å²) in [5.74, 6) is -2.57. The van der Waals surface area contributed by atoms with Crippen molar-refractivity contribution in [3.63, 3.8) is 0 Å². The molecular weight excluding hydrogens is 311 g/mol. The third kappa shape index (κ3) is 6.80. The van der Waals surface area contributed by atoms with Crippen LogP contribution in [-0.4, -0.2) is 41.1 Å². The maximum absolute atomic E-state index is 12.3. The molecule has 21 heavy (non-hydrogen) atoms. The van der Waals surface area contributed by atoms with E-state index in [1.54, 1.807) is 18.2 Å². The van der Waals surface area contributed by atoms with E-state index in [-0.39, 0.29) is 4.90 Å². The first-order valence-electron chi connectivity index (χ1n) is 5.68. The standard InChI is InChI=1S/C13H11ClF3NO3/c14-10-3-1-2-9(6-10)4-5-11(19)18(7-12(20)21)8-13(15,16)17/h1-6H,7-8H2,(H,20,21). The average molecular weight is 322 g/mol. The van der Waals surface area contributed by atoms with Gasteiger partial charge in [-0.1, -0.05) is 23.7 Å². The molecule has 0 heterocycles. The van der Waals surface area contributed by atoms with Crippen molar-refractivity contribution in [1.82, 2.24) is 4.90 Å². The number of carbonyl (C=O) groups is 2. The van der Waals surface area contributed by atoms with Crippen molar-refractivity contribution in [2.24, 2.45) is 0 Å². The third-order valence-corrected chi connectivity index (χ3v) is 2.51. The summed E-state index contributed by atoms with van der Waals surface area (Å²) in [7, 11) is 0. The van der Waals surface area contributed by atoms with Crippen molar-refractivity contribution < 1.29 is 27.9 Å². The Labute approximate surface area is 123 Å². The van der Waals surface area contributed by atoms with E-state index in [1.165, 1.54) is 12.1 Å². The SMILES string of the molecule is O=C(O)CN(CC(F)(F)F)C(=O)C=Cc1cccc(Cl)c1. The molecule has 1 rings (SSSR count). The van der Waals surface area contributed by atoms with Gasteiger partial charge < -0.3 is 10.0 Å². The predicted molar refractivity (Wildman–Crippen MR) is 70.8 cm³/mol. The Morgan fingerprint density at radius 3 is 2.52 bits per heavy atom. The van der Waals surface area contributed by atoms with Gasteiger partial charge in [0, 0.05) is 11.1 Å². The summed E-state index contributed by atoms with van der Waals surface area (Å²) in [6.07, 6.45) is -2.53. The Morgan fingerprint density at radius 1 is 1.33 bits per heavy atom. The van der Waals surface area contributed by atoms with E-state index in [4.69, 9.17) is 16.7 Å². The highest BCUT2D eigenvalue weighted by Gasteiger charge is 2.33. The Hall–Kier alpha value is -2.02. The Kier molecular flexibility index (Phi) is 5.78. The topological polar surface area (TPSA) is 57.6 Å². The van der Waals surface area contributed by atoms with Crippen molar-refractivity contribution in [2.45, 2.75) is 6.18 Å². The van der Waals surface area contributed by atoms with Gasteiger partial charge in [0.15, 0.2) is 0 Å². The zero-order chi connectivity index (χ0) is 16.0. The van der Waals surface area contributed by atoms with Crippen LogP contribution in [0.1, 0.15) is 5.56 Å². The molecule has 0 bridgehead atoms. The first-order valence-corrected chi connectivity index (χ1v) is 6.06. The number of rotatable bonds is 5. The lowest BCUT2D eigenvalue weighted by Crippen LogP contribution is -2.41. The molecule has 0 atom stereocenters. The fraction of sp³-hybridized carbons (Fsp3) is 0.231. The summed E-state index contributed by atoms with van der Waals surface area (Å²) in [6.45, 7) is -2.66. The van der Waals surface area contributed by atoms with Crippen LogP contribution in [0.3, 0.4) is 0 Å². The maximum atomic E-state index is 12.3. The van der Waals surface area contributed by atoms with Crippen LogP contribution in [0.5, 0.6) is 0 Å². The second-order valence-electron chi connectivity index (χ2n) is 4.09. The fourth-order valence-corrected chi connectivity index (χ4v) is 1.67. The Morgan fingerprint density at radius 2 is 2.00 bits per heavy atom. The molecule has 0 fully saturated rings. The molecule has 0 spiro atoms. The molecule has 1 amide bonds. The molecule has 0 aliphatic carbocycles. The van der Waals surface area contributed by atoms with Gasteiger partial charge in [-0.25, -0.2) is 0 Å². The summed E-state index contributed by atoms with van der Waals surface area (Å²) in [6, 6.07) is 6.32. The number of nitrogens with zero attached hydrogens (tertiary/aromatic N) is 1. The minimum absolute atomic E-state index is 0.198. The lowest BCUT2D eigenvalue weighted by Gasteiger charge is -2.20. The van der Waals surface area contributed by atoms with Crippen molar-refractivity contribution in [1.29, 1.82) is 0 Å². The molecule has 1 N–H and O–H groups in total. The largest absolute Gasteiger partial charge is 0.480 e. The molecule has 4 nitrogen and oxygen atoms in total. The number of hydrogen-bond acceptors (Lipinski definition) is 2. The van der Waals surface area contributed by atoms with Crippen LogP contribution >= 0.6 is 11.6 Å². The predicted octanol–water partition coefficient (Wildman–Crippen LogP) is 2.83. The summed E-state index contributed by atoms with van der Waals surface area (Å²) in [4.78, 5) is 22.4. The average Bonchev–Trinajstić information content (AvgIpc) is 2.33. The first kappa shape index (κ1) is 17.0. The molecule has 0 radical (unpaired) electrons. The zero-order valence-electron chi connectivity index (χ0n) is 10.6. The van der Waals surface area contributed by atoms with Crippen LogP contribution in [0, 0.1) is 0 Å². The molecule has 0 saturated carbocycles. The van der Waals surface area contributed by atoms with Crippen molar-refractivity contribution in [3.05, 3.63) is 40.9 Å². The van der Waals surface area contributed by atoms with Gasteiger partial charge in [-0.3, -0.25) is 9.59 Å². The molecule has 0 unspecified atom stereocenters. The van der Waals surface area contributed by atoms with Crippen LogP contribution in [-0.2, 0) is 9.59 Å². The molecule has 1 aromatic rings. The lowest BCUT2D eigenvalue weighted by molar-refractivity contribution is -0.163. The number of carboxylic acid groups (broad SMARTS) is 1. The number of carbonyl (C=O) groups excluding carboxylic acids is 1. The van der Waals surface area contributed by atoms with E-state index in [0.29, 0.717) is 10.6 Å².